The fraction of sp³-hybridized carbons (Fsp3) is 0.208. The highest BCUT2D eigenvalue weighted by Gasteiger charge is 2.19. The smallest absolute Gasteiger partial charge is 0.246 e. The molecule has 1 aliphatic rings. The Balaban J connectivity index is 1.38. The van der Waals surface area contributed by atoms with E-state index in [1.54, 1.807) is 13.2 Å². The molecule has 0 saturated carbocycles. The maximum Gasteiger partial charge on any atom is 0.246 e. The molecule has 142 valence electrons. The first-order valence-corrected chi connectivity index (χ1v) is 9.58. The summed E-state index contributed by atoms with van der Waals surface area (Å²) in [7, 11) is 1.67. The normalized spacial score (nSPS) is 14.6. The lowest BCUT2D eigenvalue weighted by atomic mass is 10.1. The van der Waals surface area contributed by atoms with E-state index in [2.05, 4.69) is 41.3 Å². The first-order valence-electron chi connectivity index (χ1n) is 9.58. The lowest BCUT2D eigenvalue weighted by Crippen LogP contribution is -2.48. The van der Waals surface area contributed by atoms with Crippen LogP contribution in [-0.4, -0.2) is 44.1 Å². The van der Waals surface area contributed by atoms with E-state index in [0.29, 0.717) is 0 Å². The molecule has 1 amide bonds. The van der Waals surface area contributed by atoms with Gasteiger partial charge < -0.3 is 14.5 Å². The van der Waals surface area contributed by atoms with Gasteiger partial charge in [-0.2, -0.15) is 0 Å². The Morgan fingerprint density at radius 2 is 1.61 bits per heavy atom. The minimum Gasteiger partial charge on any atom is -0.497 e. The van der Waals surface area contributed by atoms with Crippen LogP contribution in [0.2, 0.25) is 0 Å². The van der Waals surface area contributed by atoms with E-state index in [9.17, 15) is 4.79 Å². The molecule has 3 aromatic rings. The molecular formula is C24H24N2O2. The third-order valence-electron chi connectivity index (χ3n) is 5.20. The molecule has 0 radical (unpaired) electrons. The second-order valence-electron chi connectivity index (χ2n) is 6.95. The van der Waals surface area contributed by atoms with Crippen molar-refractivity contribution in [2.45, 2.75) is 0 Å². The first-order chi connectivity index (χ1) is 13.7. The van der Waals surface area contributed by atoms with Crippen LogP contribution in [0.3, 0.4) is 0 Å². The topological polar surface area (TPSA) is 32.8 Å². The zero-order chi connectivity index (χ0) is 19.3. The molecule has 0 atom stereocenters. The highest BCUT2D eigenvalue weighted by molar-refractivity contribution is 5.93. The number of benzene rings is 3. The van der Waals surface area contributed by atoms with E-state index in [0.717, 1.165) is 48.3 Å². The average molecular weight is 372 g/mol. The van der Waals surface area contributed by atoms with E-state index in [4.69, 9.17) is 4.74 Å². The molecule has 4 nitrogen and oxygen atoms in total. The molecule has 0 N–H and O–H groups in total. The van der Waals surface area contributed by atoms with Gasteiger partial charge in [-0.3, -0.25) is 4.79 Å². The van der Waals surface area contributed by atoms with Gasteiger partial charge in [0.2, 0.25) is 5.91 Å². The second-order valence-corrected chi connectivity index (χ2v) is 6.95. The largest absolute Gasteiger partial charge is 0.497 e. The van der Waals surface area contributed by atoms with Gasteiger partial charge in [-0.25, -0.2) is 0 Å². The molecule has 0 unspecified atom stereocenters. The number of fused-ring (bicyclic) bond motifs is 1. The van der Waals surface area contributed by atoms with Crippen LogP contribution in [0.15, 0.2) is 72.8 Å². The van der Waals surface area contributed by atoms with Crippen molar-refractivity contribution < 1.29 is 9.53 Å². The Kier molecular flexibility index (Phi) is 5.29. The molecule has 1 fully saturated rings. The van der Waals surface area contributed by atoms with E-state index in [1.165, 1.54) is 5.69 Å². The van der Waals surface area contributed by atoms with Crippen molar-refractivity contribution in [2.24, 2.45) is 0 Å². The zero-order valence-electron chi connectivity index (χ0n) is 16.0. The molecule has 3 aromatic carbocycles. The summed E-state index contributed by atoms with van der Waals surface area (Å²) in [6, 6.07) is 22.5. The van der Waals surface area contributed by atoms with Crippen LogP contribution in [0.4, 0.5) is 5.69 Å². The maximum absolute atomic E-state index is 12.6. The van der Waals surface area contributed by atoms with Gasteiger partial charge in [0.1, 0.15) is 5.75 Å². The average Bonchev–Trinajstić information content (AvgIpc) is 2.77. The molecule has 1 saturated heterocycles. The van der Waals surface area contributed by atoms with Crippen LogP contribution in [-0.2, 0) is 4.79 Å². The number of hydrogen-bond acceptors (Lipinski definition) is 3. The minimum absolute atomic E-state index is 0.0718. The predicted molar refractivity (Wildman–Crippen MR) is 115 cm³/mol. The Labute approximate surface area is 165 Å². The summed E-state index contributed by atoms with van der Waals surface area (Å²) in [6.45, 7) is 3.22. The second kappa shape index (κ2) is 8.17. The number of nitrogens with zero attached hydrogens (tertiary/aromatic N) is 2. The molecule has 28 heavy (non-hydrogen) atoms. The number of carbonyl (C=O) groups is 1. The maximum atomic E-state index is 12.6. The molecule has 4 rings (SSSR count). The summed E-state index contributed by atoms with van der Waals surface area (Å²) in [5.41, 5.74) is 2.24. The van der Waals surface area contributed by atoms with Gasteiger partial charge in [0, 0.05) is 37.9 Å². The van der Waals surface area contributed by atoms with Gasteiger partial charge in [0.15, 0.2) is 0 Å². The first kappa shape index (κ1) is 18.1. The van der Waals surface area contributed by atoms with Crippen LogP contribution >= 0.6 is 0 Å². The fourth-order valence-electron chi connectivity index (χ4n) is 3.57. The number of para-hydroxylation sites is 1. The summed E-state index contributed by atoms with van der Waals surface area (Å²) >= 11 is 0. The van der Waals surface area contributed by atoms with Crippen LogP contribution < -0.4 is 9.64 Å². The summed E-state index contributed by atoms with van der Waals surface area (Å²) < 4.78 is 5.27. The molecule has 4 heteroatoms. The van der Waals surface area contributed by atoms with Gasteiger partial charge >= 0.3 is 0 Å². The number of rotatable bonds is 4. The van der Waals surface area contributed by atoms with Crippen LogP contribution in [0.25, 0.3) is 16.8 Å². The highest BCUT2D eigenvalue weighted by Crippen LogP contribution is 2.22. The van der Waals surface area contributed by atoms with Crippen molar-refractivity contribution in [1.29, 1.82) is 0 Å². The number of piperazine rings is 1. The van der Waals surface area contributed by atoms with E-state index in [1.807, 2.05) is 41.3 Å². The lowest BCUT2D eigenvalue weighted by molar-refractivity contribution is -0.126. The van der Waals surface area contributed by atoms with E-state index < -0.39 is 0 Å². The quantitative estimate of drug-likeness (QED) is 0.643. The van der Waals surface area contributed by atoms with Crippen molar-refractivity contribution in [3.63, 3.8) is 0 Å². The number of hydrogen-bond donors (Lipinski definition) is 0. The Morgan fingerprint density at radius 3 is 2.36 bits per heavy atom. The molecule has 1 aliphatic heterocycles. The van der Waals surface area contributed by atoms with Crippen LogP contribution in [0, 0.1) is 0 Å². The summed E-state index contributed by atoms with van der Waals surface area (Å²) in [4.78, 5) is 16.8. The number of carbonyl (C=O) groups excluding carboxylic acids is 1. The highest BCUT2D eigenvalue weighted by atomic mass is 16.5. The molecule has 0 spiro atoms. The molecule has 0 aromatic heterocycles. The molecule has 0 aliphatic carbocycles. The Bertz CT molecular complexity index is 990. The van der Waals surface area contributed by atoms with Gasteiger partial charge in [-0.05, 0) is 52.7 Å². The number of anilines is 1. The number of methoxy groups -OCH3 is 1. The van der Waals surface area contributed by atoms with Crippen LogP contribution in [0.1, 0.15) is 5.56 Å². The monoisotopic (exact) mass is 372 g/mol. The standard InChI is InChI=1S/C24H24N2O2/c1-28-23-11-10-20-17-19(7-9-21(20)18-23)8-12-24(27)26-15-13-25(14-16-26)22-5-3-2-4-6-22/h2-12,17-18H,13-16H2,1H3/b12-8+. The Morgan fingerprint density at radius 1 is 0.893 bits per heavy atom. The summed E-state index contributed by atoms with van der Waals surface area (Å²) in [6.07, 6.45) is 3.58. The van der Waals surface area contributed by atoms with Crippen molar-refractivity contribution >= 4 is 28.4 Å². The fourth-order valence-corrected chi connectivity index (χ4v) is 3.57. The van der Waals surface area contributed by atoms with Gasteiger partial charge in [-0.15, -0.1) is 0 Å². The molecular weight excluding hydrogens is 348 g/mol. The zero-order valence-corrected chi connectivity index (χ0v) is 16.0. The van der Waals surface area contributed by atoms with Crippen molar-refractivity contribution in [2.75, 3.05) is 38.2 Å². The summed E-state index contributed by atoms with van der Waals surface area (Å²) in [5, 5.41) is 2.26. The SMILES string of the molecule is COc1ccc2cc(/C=C/C(=O)N3CCN(c4ccccc4)CC3)ccc2c1. The predicted octanol–water partition coefficient (Wildman–Crippen LogP) is 4.21. The summed E-state index contributed by atoms with van der Waals surface area (Å²) in [5.74, 6) is 0.920. The van der Waals surface area contributed by atoms with E-state index >= 15 is 0 Å². The van der Waals surface area contributed by atoms with Crippen LogP contribution in [0.5, 0.6) is 5.75 Å². The molecule has 1 heterocycles. The number of amides is 1. The third-order valence-corrected chi connectivity index (χ3v) is 5.20. The van der Waals surface area contributed by atoms with Crippen molar-refractivity contribution in [3.05, 3.63) is 78.4 Å². The third kappa shape index (κ3) is 4.01. The Hall–Kier alpha value is -3.27. The van der Waals surface area contributed by atoms with Gasteiger partial charge in [0.25, 0.3) is 0 Å². The van der Waals surface area contributed by atoms with E-state index in [-0.39, 0.29) is 5.91 Å². The lowest BCUT2D eigenvalue weighted by Gasteiger charge is -2.35. The van der Waals surface area contributed by atoms with Gasteiger partial charge in [-0.1, -0.05) is 36.4 Å². The van der Waals surface area contributed by atoms with Crippen molar-refractivity contribution in [1.82, 2.24) is 4.90 Å². The number of ether oxygens (including phenoxy) is 1. The van der Waals surface area contributed by atoms with Crippen molar-refractivity contribution in [3.8, 4) is 5.75 Å². The van der Waals surface area contributed by atoms with Gasteiger partial charge in [0.05, 0.1) is 7.11 Å². The molecule has 0 bridgehead atoms. The minimum atomic E-state index is 0.0718.